The van der Waals surface area contributed by atoms with Gasteiger partial charge in [0.25, 0.3) is 0 Å². The van der Waals surface area contributed by atoms with Crippen LogP contribution in [0.3, 0.4) is 0 Å². The molecule has 2 aliphatic rings. The normalized spacial score (nSPS) is 31.5. The van der Waals surface area contributed by atoms with E-state index in [0.29, 0.717) is 17.3 Å². The number of nitrogens with two attached hydrogens (primary N) is 1. The van der Waals surface area contributed by atoms with E-state index in [-0.39, 0.29) is 11.4 Å². The van der Waals surface area contributed by atoms with Crippen molar-refractivity contribution in [1.82, 2.24) is 0 Å². The van der Waals surface area contributed by atoms with E-state index in [2.05, 4.69) is 30.7 Å². The second kappa shape index (κ2) is 4.72. The fourth-order valence-electron chi connectivity index (χ4n) is 4.06. The minimum Gasteiger partial charge on any atom is -0.369 e. The minimum absolute atomic E-state index is 0.0442. The lowest BCUT2D eigenvalue weighted by Crippen LogP contribution is -2.59. The molecule has 1 fully saturated rings. The van der Waals surface area contributed by atoms with Gasteiger partial charge in [-0.15, -0.1) is 0 Å². The number of halogens is 1. The summed E-state index contributed by atoms with van der Waals surface area (Å²) in [5, 5.41) is 0. The first-order valence-electron chi connectivity index (χ1n) is 7.70. The molecule has 1 aliphatic carbocycles. The van der Waals surface area contributed by atoms with Crippen LogP contribution < -0.4 is 10.6 Å². The Morgan fingerprint density at radius 3 is 2.52 bits per heavy atom. The summed E-state index contributed by atoms with van der Waals surface area (Å²) in [6.07, 6.45) is 3.40. The Hall–Kier alpha value is -1.58. The molecule has 1 saturated carbocycles. The lowest BCUT2D eigenvalue weighted by atomic mass is 9.63. The van der Waals surface area contributed by atoms with Gasteiger partial charge in [-0.05, 0) is 54.9 Å². The maximum absolute atomic E-state index is 13.2. The molecule has 0 saturated heterocycles. The predicted molar refractivity (Wildman–Crippen MR) is 84.9 cm³/mol. The van der Waals surface area contributed by atoms with Gasteiger partial charge in [0.05, 0.1) is 12.1 Å². The summed E-state index contributed by atoms with van der Waals surface area (Å²) in [5.41, 5.74) is 7.44. The van der Waals surface area contributed by atoms with Crippen LogP contribution in [0.4, 0.5) is 10.1 Å². The van der Waals surface area contributed by atoms with E-state index in [1.54, 1.807) is 12.1 Å². The van der Waals surface area contributed by atoms with Crippen LogP contribution in [0.25, 0.3) is 0 Å². The van der Waals surface area contributed by atoms with Crippen molar-refractivity contribution < 1.29 is 4.39 Å². The van der Waals surface area contributed by atoms with E-state index in [9.17, 15) is 4.39 Å². The topological polar surface area (TPSA) is 41.6 Å². The van der Waals surface area contributed by atoms with Gasteiger partial charge in [-0.1, -0.05) is 20.8 Å². The van der Waals surface area contributed by atoms with Crippen molar-refractivity contribution >= 4 is 11.6 Å². The van der Waals surface area contributed by atoms with Crippen LogP contribution in [0.1, 0.15) is 40.0 Å². The zero-order valence-electron chi connectivity index (χ0n) is 13.1. The van der Waals surface area contributed by atoms with Crippen LogP contribution in [-0.2, 0) is 0 Å². The highest BCUT2D eigenvalue weighted by molar-refractivity contribution is 5.98. The Balaban J connectivity index is 1.97. The van der Waals surface area contributed by atoms with Crippen molar-refractivity contribution in [3.63, 3.8) is 0 Å². The number of hydrogen-bond acceptors (Lipinski definition) is 3. The van der Waals surface area contributed by atoms with Gasteiger partial charge >= 0.3 is 0 Å². The van der Waals surface area contributed by atoms with Crippen LogP contribution in [0.15, 0.2) is 29.3 Å². The van der Waals surface area contributed by atoms with Crippen LogP contribution in [0, 0.1) is 17.2 Å². The maximum Gasteiger partial charge on any atom is 0.196 e. The monoisotopic (exact) mass is 289 g/mol. The van der Waals surface area contributed by atoms with Crippen molar-refractivity contribution in [1.29, 1.82) is 0 Å². The Bertz CT molecular complexity index is 564. The van der Waals surface area contributed by atoms with E-state index >= 15 is 0 Å². The maximum atomic E-state index is 13.2. The third-order valence-corrected chi connectivity index (χ3v) is 5.28. The van der Waals surface area contributed by atoms with E-state index in [4.69, 9.17) is 5.73 Å². The summed E-state index contributed by atoms with van der Waals surface area (Å²) >= 11 is 0. The first-order valence-corrected chi connectivity index (χ1v) is 7.70. The Morgan fingerprint density at radius 1 is 1.24 bits per heavy atom. The quantitative estimate of drug-likeness (QED) is 0.859. The van der Waals surface area contributed by atoms with Crippen LogP contribution in [0.5, 0.6) is 0 Å². The largest absolute Gasteiger partial charge is 0.369 e. The molecule has 1 aromatic carbocycles. The highest BCUT2D eigenvalue weighted by Crippen LogP contribution is 2.49. The van der Waals surface area contributed by atoms with Crippen molar-refractivity contribution in [2.45, 2.75) is 45.6 Å². The first kappa shape index (κ1) is 14.4. The lowest BCUT2D eigenvalue weighted by molar-refractivity contribution is 0.114. The molecular formula is C17H24FN3. The average molecular weight is 289 g/mol. The summed E-state index contributed by atoms with van der Waals surface area (Å²) in [5.74, 6) is 0.838. The molecule has 0 aromatic heterocycles. The molecule has 2 N–H and O–H groups in total. The van der Waals surface area contributed by atoms with Gasteiger partial charge in [0.1, 0.15) is 5.82 Å². The average Bonchev–Trinajstić information content (AvgIpc) is 2.74. The second-order valence-electron chi connectivity index (χ2n) is 7.36. The number of anilines is 1. The molecular weight excluding hydrogens is 265 g/mol. The molecule has 114 valence electrons. The molecule has 2 atom stereocenters. The molecule has 3 rings (SSSR count). The lowest BCUT2D eigenvalue weighted by Gasteiger charge is -2.51. The molecule has 0 radical (unpaired) electrons. The van der Waals surface area contributed by atoms with Crippen LogP contribution in [0.2, 0.25) is 0 Å². The van der Waals surface area contributed by atoms with E-state index in [0.717, 1.165) is 31.5 Å². The number of aliphatic imine (C=N–C) groups is 1. The van der Waals surface area contributed by atoms with Gasteiger partial charge in [0, 0.05) is 5.69 Å². The van der Waals surface area contributed by atoms with Gasteiger partial charge in [-0.2, -0.15) is 0 Å². The first-order chi connectivity index (χ1) is 9.84. The zero-order chi connectivity index (χ0) is 15.3. The van der Waals surface area contributed by atoms with Crippen molar-refractivity contribution in [2.75, 3.05) is 11.4 Å². The smallest absolute Gasteiger partial charge is 0.196 e. The fraction of sp³-hybridized carbons (Fsp3) is 0.588. The van der Waals surface area contributed by atoms with E-state index in [1.165, 1.54) is 12.1 Å². The zero-order valence-corrected chi connectivity index (χ0v) is 13.1. The highest BCUT2D eigenvalue weighted by Gasteiger charge is 2.51. The Kier molecular flexibility index (Phi) is 3.23. The predicted octanol–water partition coefficient (Wildman–Crippen LogP) is 3.55. The van der Waals surface area contributed by atoms with Crippen molar-refractivity contribution in [3.05, 3.63) is 30.1 Å². The Labute approximate surface area is 126 Å². The minimum atomic E-state index is -0.222. The number of hydrogen-bond donors (Lipinski definition) is 1. The summed E-state index contributed by atoms with van der Waals surface area (Å²) in [6.45, 7) is 7.70. The van der Waals surface area contributed by atoms with Gasteiger partial charge < -0.3 is 10.6 Å². The summed E-state index contributed by atoms with van der Waals surface area (Å²) in [6, 6.07) is 6.59. The number of nitrogens with zero attached hydrogens (tertiary/aromatic N) is 2. The van der Waals surface area contributed by atoms with Crippen molar-refractivity contribution in [3.8, 4) is 0 Å². The molecule has 0 bridgehead atoms. The van der Waals surface area contributed by atoms with E-state index < -0.39 is 0 Å². The molecule has 21 heavy (non-hydrogen) atoms. The van der Waals surface area contributed by atoms with Gasteiger partial charge in [0.15, 0.2) is 5.96 Å². The van der Waals surface area contributed by atoms with Crippen molar-refractivity contribution in [2.24, 2.45) is 22.1 Å². The molecule has 3 nitrogen and oxygen atoms in total. The molecule has 2 unspecified atom stereocenters. The molecule has 1 heterocycles. The Morgan fingerprint density at radius 2 is 1.90 bits per heavy atom. The molecule has 1 aliphatic heterocycles. The molecule has 4 heteroatoms. The highest BCUT2D eigenvalue weighted by atomic mass is 19.1. The van der Waals surface area contributed by atoms with Crippen LogP contribution in [-0.4, -0.2) is 18.0 Å². The molecule has 1 spiro atoms. The standard InChI is InChI=1S/C17H24FN3/c1-12-10-16(2,3)8-9-17(12)11-20-15(19)21(17)14-6-4-13(18)5-7-14/h4-7,12H,8-11H2,1-3H3,(H2,19,20). The van der Waals surface area contributed by atoms with Gasteiger partial charge in [0.2, 0.25) is 0 Å². The van der Waals surface area contributed by atoms with Gasteiger partial charge in [-0.25, -0.2) is 4.39 Å². The number of benzene rings is 1. The van der Waals surface area contributed by atoms with Crippen LogP contribution >= 0.6 is 0 Å². The third kappa shape index (κ3) is 2.30. The number of guanidine groups is 1. The SMILES string of the molecule is CC1CC(C)(C)CCC12CN=C(N)N2c1ccc(F)cc1. The molecule has 0 amide bonds. The number of rotatable bonds is 1. The van der Waals surface area contributed by atoms with Gasteiger partial charge in [-0.3, -0.25) is 4.99 Å². The molecule has 1 aromatic rings. The summed E-state index contributed by atoms with van der Waals surface area (Å²) in [4.78, 5) is 6.66. The third-order valence-electron chi connectivity index (χ3n) is 5.28. The fourth-order valence-corrected chi connectivity index (χ4v) is 4.06. The summed E-state index contributed by atoms with van der Waals surface area (Å²) in [7, 11) is 0. The van der Waals surface area contributed by atoms with E-state index in [1.807, 2.05) is 0 Å². The second-order valence-corrected chi connectivity index (χ2v) is 7.36. The summed E-state index contributed by atoms with van der Waals surface area (Å²) < 4.78 is 13.2.